The van der Waals surface area contributed by atoms with Gasteiger partial charge in [-0.3, -0.25) is 9.78 Å². The summed E-state index contributed by atoms with van der Waals surface area (Å²) in [5.74, 6) is 2.77. The largest absolute Gasteiger partial charge is 0.481 e. The van der Waals surface area contributed by atoms with Crippen molar-refractivity contribution < 1.29 is 19.4 Å². The molecule has 2 aromatic rings. The van der Waals surface area contributed by atoms with Crippen LogP contribution in [0.25, 0.3) is 0 Å². The molecule has 2 aromatic heterocycles. The van der Waals surface area contributed by atoms with E-state index in [9.17, 15) is 4.79 Å². The Morgan fingerprint density at radius 2 is 1.94 bits per heavy atom. The van der Waals surface area contributed by atoms with Crippen LogP contribution in [0.1, 0.15) is 68.5 Å². The number of nitrogens with zero attached hydrogens (tertiary/aromatic N) is 5. The average molecular weight is 464 g/mol. The molecule has 6 rings (SSSR count). The minimum absolute atomic E-state index is 0.277. The zero-order valence-corrected chi connectivity index (χ0v) is 19.2. The van der Waals surface area contributed by atoms with Gasteiger partial charge in [-0.25, -0.2) is 4.99 Å². The number of aliphatic carboxylic acids is 1. The molecular weight excluding hydrogens is 434 g/mol. The number of carbonyl (C=O) groups is 1. The van der Waals surface area contributed by atoms with Gasteiger partial charge in [0.05, 0.1) is 25.0 Å². The van der Waals surface area contributed by atoms with Gasteiger partial charge in [0.25, 0.3) is 0 Å². The summed E-state index contributed by atoms with van der Waals surface area (Å²) < 4.78 is 11.7. The smallest absolute Gasteiger partial charge is 0.321 e. The molecule has 2 aliphatic carbocycles. The Morgan fingerprint density at radius 1 is 1.12 bits per heavy atom. The van der Waals surface area contributed by atoms with Crippen LogP contribution in [0.2, 0.25) is 0 Å². The number of aromatic nitrogens is 3. The second kappa shape index (κ2) is 8.85. The summed E-state index contributed by atoms with van der Waals surface area (Å²) in [4.78, 5) is 31.4. The predicted octanol–water partition coefficient (Wildman–Crippen LogP) is 4.09. The van der Waals surface area contributed by atoms with Crippen LogP contribution >= 0.6 is 0 Å². The molecule has 34 heavy (non-hydrogen) atoms. The first-order chi connectivity index (χ1) is 16.6. The molecule has 0 spiro atoms. The maximum absolute atomic E-state index is 11.0. The van der Waals surface area contributed by atoms with E-state index in [0.717, 1.165) is 60.8 Å². The van der Waals surface area contributed by atoms with Gasteiger partial charge in [-0.2, -0.15) is 9.97 Å². The first-order valence-electron chi connectivity index (χ1n) is 12.4. The molecule has 0 unspecified atom stereocenters. The van der Waals surface area contributed by atoms with Crippen LogP contribution < -0.4 is 14.4 Å². The third kappa shape index (κ3) is 4.31. The monoisotopic (exact) mass is 463 g/mol. The van der Waals surface area contributed by atoms with Crippen molar-refractivity contribution in [2.24, 2.45) is 16.8 Å². The van der Waals surface area contributed by atoms with Crippen LogP contribution in [0, 0.1) is 11.8 Å². The number of hydrogen-bond donors (Lipinski definition) is 1. The average Bonchev–Trinajstić information content (AvgIpc) is 3.65. The van der Waals surface area contributed by atoms with E-state index in [1.54, 1.807) is 0 Å². The van der Waals surface area contributed by atoms with Crippen LogP contribution in [-0.4, -0.2) is 51.6 Å². The quantitative estimate of drug-likeness (QED) is 0.623. The van der Waals surface area contributed by atoms with E-state index in [4.69, 9.17) is 19.6 Å². The molecule has 0 saturated heterocycles. The first kappa shape index (κ1) is 21.3. The number of anilines is 1. The van der Waals surface area contributed by atoms with Crippen molar-refractivity contribution in [3.63, 3.8) is 0 Å². The number of ether oxygens (including phenoxy) is 2. The van der Waals surface area contributed by atoms with Crippen molar-refractivity contribution >= 4 is 23.3 Å². The number of rotatable bonds is 8. The zero-order valence-electron chi connectivity index (χ0n) is 19.2. The van der Waals surface area contributed by atoms with Gasteiger partial charge in [-0.1, -0.05) is 12.8 Å². The number of amidine groups is 1. The van der Waals surface area contributed by atoms with E-state index in [0.29, 0.717) is 49.3 Å². The molecule has 2 fully saturated rings. The van der Waals surface area contributed by atoms with Gasteiger partial charge in [-0.05, 0) is 56.1 Å². The number of pyridine rings is 1. The molecule has 9 heteroatoms. The summed E-state index contributed by atoms with van der Waals surface area (Å²) in [6.07, 6.45) is 9.72. The zero-order chi connectivity index (χ0) is 23.1. The van der Waals surface area contributed by atoms with E-state index in [1.165, 1.54) is 12.8 Å². The molecule has 4 aliphatic rings. The standard InChI is InChI=1S/C25H29N5O4/c31-20(32)13-16-3-5-17(6-4-16)19-8-7-18(14-26-19)30-10-12-33-24-21-22(27-23(21)30)28-25(29-24)34-11-9-15-1-2-15/h7-8,14-17H,1-6,9-13H2,(H,31,32). The van der Waals surface area contributed by atoms with E-state index >= 15 is 0 Å². The predicted molar refractivity (Wildman–Crippen MR) is 125 cm³/mol. The van der Waals surface area contributed by atoms with Gasteiger partial charge in [0.15, 0.2) is 11.7 Å². The third-order valence-electron chi connectivity index (χ3n) is 7.35. The second-order valence-corrected chi connectivity index (χ2v) is 9.78. The van der Waals surface area contributed by atoms with Gasteiger partial charge in [0.2, 0.25) is 5.88 Å². The summed E-state index contributed by atoms with van der Waals surface area (Å²) in [6.45, 7) is 1.76. The maximum atomic E-state index is 11.0. The Balaban J connectivity index is 1.12. The van der Waals surface area contributed by atoms with E-state index < -0.39 is 5.97 Å². The fourth-order valence-electron chi connectivity index (χ4n) is 5.18. The topological polar surface area (TPSA) is 110 Å². The van der Waals surface area contributed by atoms with Crippen molar-refractivity contribution in [1.29, 1.82) is 0 Å². The van der Waals surface area contributed by atoms with Crippen molar-refractivity contribution in [2.75, 3.05) is 24.7 Å². The Labute approximate surface area is 198 Å². The molecular formula is C25H29N5O4. The minimum Gasteiger partial charge on any atom is -0.481 e. The molecule has 0 bridgehead atoms. The van der Waals surface area contributed by atoms with Gasteiger partial charge in [0, 0.05) is 18.0 Å². The SMILES string of the molecule is O=C(O)CC1CCC(c2ccc(N3CCOc4nc(OCCC5CC5)nc5c4C3=N5)cn2)CC1. The molecule has 9 nitrogen and oxygen atoms in total. The summed E-state index contributed by atoms with van der Waals surface area (Å²) >= 11 is 0. The van der Waals surface area contributed by atoms with Crippen molar-refractivity contribution in [1.82, 2.24) is 15.0 Å². The second-order valence-electron chi connectivity index (χ2n) is 9.78. The van der Waals surface area contributed by atoms with Crippen molar-refractivity contribution in [2.45, 2.75) is 57.3 Å². The number of aliphatic imine (C=N–C) groups is 1. The Kier molecular flexibility index (Phi) is 5.55. The van der Waals surface area contributed by atoms with Gasteiger partial charge >= 0.3 is 12.0 Å². The van der Waals surface area contributed by atoms with E-state index in [1.807, 2.05) is 6.20 Å². The van der Waals surface area contributed by atoms with Crippen LogP contribution in [0.5, 0.6) is 11.9 Å². The third-order valence-corrected chi connectivity index (χ3v) is 7.35. The summed E-state index contributed by atoms with van der Waals surface area (Å²) in [5.41, 5.74) is 2.89. The van der Waals surface area contributed by atoms with E-state index in [2.05, 4.69) is 32.0 Å². The lowest BCUT2D eigenvalue weighted by Gasteiger charge is -2.29. The lowest BCUT2D eigenvalue weighted by molar-refractivity contribution is -0.138. The van der Waals surface area contributed by atoms with Gasteiger partial charge in [0.1, 0.15) is 12.2 Å². The maximum Gasteiger partial charge on any atom is 0.321 e. The fourth-order valence-corrected chi connectivity index (χ4v) is 5.18. The molecule has 178 valence electrons. The molecule has 1 N–H and O–H groups in total. The van der Waals surface area contributed by atoms with Gasteiger partial charge in [-0.15, -0.1) is 0 Å². The Bertz CT molecular complexity index is 1110. The van der Waals surface area contributed by atoms with Gasteiger partial charge < -0.3 is 19.5 Å². The molecule has 0 aromatic carbocycles. The number of carboxylic acid groups (broad SMARTS) is 1. The van der Waals surface area contributed by atoms with Crippen molar-refractivity contribution in [3.05, 3.63) is 29.6 Å². The fraction of sp³-hybridized carbons (Fsp3) is 0.560. The highest BCUT2D eigenvalue weighted by atomic mass is 16.5. The van der Waals surface area contributed by atoms with Crippen LogP contribution in [0.3, 0.4) is 0 Å². The lowest BCUT2D eigenvalue weighted by Crippen LogP contribution is -2.36. The summed E-state index contributed by atoms with van der Waals surface area (Å²) in [5, 5.41) is 9.03. The molecule has 0 atom stereocenters. The number of carboxylic acids is 1. The molecule has 2 saturated carbocycles. The Hall–Kier alpha value is -3.23. The van der Waals surface area contributed by atoms with Crippen molar-refractivity contribution in [3.8, 4) is 11.9 Å². The molecule has 2 aliphatic heterocycles. The highest BCUT2D eigenvalue weighted by molar-refractivity contribution is 6.20. The minimum atomic E-state index is -0.696. The van der Waals surface area contributed by atoms with Crippen LogP contribution in [0.15, 0.2) is 23.3 Å². The lowest BCUT2D eigenvalue weighted by atomic mass is 9.79. The summed E-state index contributed by atoms with van der Waals surface area (Å²) in [6, 6.07) is 4.53. The Morgan fingerprint density at radius 3 is 2.68 bits per heavy atom. The van der Waals surface area contributed by atoms with E-state index in [-0.39, 0.29) is 6.42 Å². The summed E-state index contributed by atoms with van der Waals surface area (Å²) in [7, 11) is 0. The number of hydrogen-bond acceptors (Lipinski definition) is 8. The highest BCUT2D eigenvalue weighted by Crippen LogP contribution is 2.41. The molecule has 4 heterocycles. The highest BCUT2D eigenvalue weighted by Gasteiger charge is 2.35. The molecule has 0 amide bonds. The van der Waals surface area contributed by atoms with Crippen LogP contribution in [0.4, 0.5) is 11.5 Å². The first-order valence-corrected chi connectivity index (χ1v) is 12.4. The molecule has 0 radical (unpaired) electrons. The normalized spacial score (nSPS) is 23.2. The van der Waals surface area contributed by atoms with Crippen LogP contribution in [-0.2, 0) is 4.79 Å².